The predicted molar refractivity (Wildman–Crippen MR) is 114 cm³/mol. The summed E-state index contributed by atoms with van der Waals surface area (Å²) < 4.78 is 15.3. The monoisotopic (exact) mass is 429 g/mol. The molecule has 0 fully saturated rings. The highest BCUT2D eigenvalue weighted by atomic mass is 19.1. The number of carbonyl (C=O) groups excluding carboxylic acids is 2. The molecule has 9 heteroatoms. The van der Waals surface area contributed by atoms with E-state index in [1.165, 1.54) is 24.1 Å². The summed E-state index contributed by atoms with van der Waals surface area (Å²) in [7, 11) is 3.39. The quantitative estimate of drug-likeness (QED) is 0.696. The van der Waals surface area contributed by atoms with Gasteiger partial charge in [0.05, 0.1) is 12.3 Å². The van der Waals surface area contributed by atoms with Gasteiger partial charge in [0.1, 0.15) is 5.82 Å². The van der Waals surface area contributed by atoms with Gasteiger partial charge in [-0.1, -0.05) is 31.1 Å². The van der Waals surface area contributed by atoms with Crippen molar-refractivity contribution in [1.82, 2.24) is 20.0 Å². The van der Waals surface area contributed by atoms with Crippen LogP contribution in [-0.4, -0.2) is 58.4 Å². The number of amides is 2. The number of benzene rings is 1. The molecule has 1 N–H and O–H groups in total. The number of hydrogen-bond acceptors (Lipinski definition) is 5. The van der Waals surface area contributed by atoms with Crippen molar-refractivity contribution in [3.63, 3.8) is 0 Å². The minimum Gasteiger partial charge on any atom is -0.382 e. The van der Waals surface area contributed by atoms with Gasteiger partial charge in [0.25, 0.3) is 5.91 Å². The Morgan fingerprint density at radius 2 is 2.13 bits per heavy atom. The van der Waals surface area contributed by atoms with E-state index in [0.717, 1.165) is 5.69 Å². The third kappa shape index (κ3) is 5.28. The summed E-state index contributed by atoms with van der Waals surface area (Å²) in [5.41, 5.74) is 2.06. The minimum atomic E-state index is -0.859. The highest BCUT2D eigenvalue weighted by Gasteiger charge is 2.35. The van der Waals surface area contributed by atoms with Crippen LogP contribution < -0.4 is 5.32 Å². The van der Waals surface area contributed by atoms with Gasteiger partial charge < -0.3 is 15.1 Å². The highest BCUT2D eigenvalue weighted by Crippen LogP contribution is 2.26. The van der Waals surface area contributed by atoms with Crippen molar-refractivity contribution in [1.29, 1.82) is 0 Å². The molecule has 0 saturated carbocycles. The van der Waals surface area contributed by atoms with Crippen LogP contribution in [0.5, 0.6) is 0 Å². The van der Waals surface area contributed by atoms with Crippen molar-refractivity contribution in [2.75, 3.05) is 20.1 Å². The molecule has 0 bridgehead atoms. The molecule has 1 aromatic heterocycles. The standard InChI is InChI=1S/C22H28FN5O3/c1-14(2)17(19-8-9-25-27(19)4)12-28(13-21(29)24-3)22(30)20-11-18(26-31-20)15-6-5-7-16(23)10-15/h5-10,14,17,20H,11-13H2,1-4H3,(H,24,29). The van der Waals surface area contributed by atoms with Gasteiger partial charge >= 0.3 is 0 Å². The Hall–Kier alpha value is -3.23. The van der Waals surface area contributed by atoms with E-state index in [2.05, 4.69) is 29.4 Å². The molecule has 2 amide bonds. The van der Waals surface area contributed by atoms with E-state index in [9.17, 15) is 14.0 Å². The lowest BCUT2D eigenvalue weighted by atomic mass is 9.91. The topological polar surface area (TPSA) is 88.8 Å². The van der Waals surface area contributed by atoms with Gasteiger partial charge in [-0.3, -0.25) is 14.3 Å². The maximum absolute atomic E-state index is 13.6. The Morgan fingerprint density at radius 3 is 2.74 bits per heavy atom. The third-order valence-corrected chi connectivity index (χ3v) is 5.49. The van der Waals surface area contributed by atoms with Gasteiger partial charge in [-0.05, 0) is 24.1 Å². The zero-order chi connectivity index (χ0) is 22.5. The number of rotatable bonds is 8. The van der Waals surface area contributed by atoms with Crippen LogP contribution in [0.3, 0.4) is 0 Å². The number of aryl methyl sites for hydroxylation is 1. The Bertz CT molecular complexity index is 972. The fraction of sp³-hybridized carbons (Fsp3) is 0.455. The number of oxime groups is 1. The number of likely N-dealkylation sites (N-methyl/N-ethyl adjacent to an activating group) is 1. The first-order chi connectivity index (χ1) is 14.8. The maximum Gasteiger partial charge on any atom is 0.267 e. The molecule has 31 heavy (non-hydrogen) atoms. The van der Waals surface area contributed by atoms with E-state index in [-0.39, 0.29) is 42.4 Å². The Balaban J connectivity index is 1.78. The summed E-state index contributed by atoms with van der Waals surface area (Å²) in [6, 6.07) is 7.93. The van der Waals surface area contributed by atoms with Gasteiger partial charge in [-0.25, -0.2) is 4.39 Å². The predicted octanol–water partition coefficient (Wildman–Crippen LogP) is 2.07. The molecule has 2 aromatic rings. The first kappa shape index (κ1) is 22.5. The summed E-state index contributed by atoms with van der Waals surface area (Å²) in [5.74, 6) is -0.797. The molecular weight excluding hydrogens is 401 g/mol. The van der Waals surface area contributed by atoms with E-state index in [4.69, 9.17) is 4.84 Å². The number of aromatic nitrogens is 2. The van der Waals surface area contributed by atoms with Crippen molar-refractivity contribution in [2.45, 2.75) is 32.3 Å². The van der Waals surface area contributed by atoms with Gasteiger partial charge in [0.2, 0.25) is 12.0 Å². The summed E-state index contributed by atoms with van der Waals surface area (Å²) in [5, 5.41) is 10.8. The van der Waals surface area contributed by atoms with Crippen molar-refractivity contribution in [3.05, 3.63) is 53.6 Å². The molecule has 166 valence electrons. The van der Waals surface area contributed by atoms with Crippen LogP contribution in [0.4, 0.5) is 4.39 Å². The molecule has 2 atom stereocenters. The van der Waals surface area contributed by atoms with Gasteiger partial charge in [-0.15, -0.1) is 0 Å². The van der Waals surface area contributed by atoms with E-state index >= 15 is 0 Å². The zero-order valence-corrected chi connectivity index (χ0v) is 18.2. The van der Waals surface area contributed by atoms with Crippen LogP contribution in [0.1, 0.15) is 37.4 Å². The normalized spacial score (nSPS) is 16.6. The Labute approximate surface area is 181 Å². The summed E-state index contributed by atoms with van der Waals surface area (Å²) in [6.07, 6.45) is 1.07. The molecule has 8 nitrogen and oxygen atoms in total. The van der Waals surface area contributed by atoms with Crippen LogP contribution in [0, 0.1) is 11.7 Å². The van der Waals surface area contributed by atoms with Crippen molar-refractivity contribution >= 4 is 17.5 Å². The van der Waals surface area contributed by atoms with Gasteiger partial charge in [-0.2, -0.15) is 5.10 Å². The van der Waals surface area contributed by atoms with E-state index < -0.39 is 6.10 Å². The molecule has 0 spiro atoms. The van der Waals surface area contributed by atoms with E-state index in [0.29, 0.717) is 17.8 Å². The largest absolute Gasteiger partial charge is 0.382 e. The van der Waals surface area contributed by atoms with Crippen molar-refractivity contribution in [2.24, 2.45) is 18.1 Å². The first-order valence-corrected chi connectivity index (χ1v) is 10.3. The molecule has 2 heterocycles. The number of nitrogens with one attached hydrogen (secondary N) is 1. The van der Waals surface area contributed by atoms with Crippen LogP contribution in [0.25, 0.3) is 0 Å². The molecule has 1 aromatic carbocycles. The van der Waals surface area contributed by atoms with Gasteiger partial charge in [0.15, 0.2) is 0 Å². The molecule has 0 saturated heterocycles. The lowest BCUT2D eigenvalue weighted by molar-refractivity contribution is -0.145. The van der Waals surface area contributed by atoms with Crippen LogP contribution in [-0.2, 0) is 21.5 Å². The fourth-order valence-electron chi connectivity index (χ4n) is 3.67. The smallest absolute Gasteiger partial charge is 0.267 e. The summed E-state index contributed by atoms with van der Waals surface area (Å²) >= 11 is 0. The highest BCUT2D eigenvalue weighted by molar-refractivity contribution is 6.04. The number of halogens is 1. The van der Waals surface area contributed by atoms with Crippen LogP contribution in [0.15, 0.2) is 41.7 Å². The Kier molecular flexibility index (Phi) is 7.04. The number of nitrogens with zero attached hydrogens (tertiary/aromatic N) is 4. The minimum absolute atomic E-state index is 0.0221. The second-order valence-electron chi connectivity index (χ2n) is 7.97. The third-order valence-electron chi connectivity index (χ3n) is 5.49. The zero-order valence-electron chi connectivity index (χ0n) is 18.2. The first-order valence-electron chi connectivity index (χ1n) is 10.3. The molecule has 1 aliphatic heterocycles. The number of hydrogen-bond donors (Lipinski definition) is 1. The molecule has 0 aliphatic carbocycles. The second-order valence-corrected chi connectivity index (χ2v) is 7.97. The molecule has 2 unspecified atom stereocenters. The second kappa shape index (κ2) is 9.72. The lowest BCUT2D eigenvalue weighted by Gasteiger charge is -2.30. The van der Waals surface area contributed by atoms with E-state index in [1.54, 1.807) is 23.0 Å². The molecule has 0 radical (unpaired) electrons. The fourth-order valence-corrected chi connectivity index (χ4v) is 3.67. The SMILES string of the molecule is CNC(=O)CN(CC(c1ccnn1C)C(C)C)C(=O)C1CC(c2cccc(F)c2)=NO1. The Morgan fingerprint density at radius 1 is 1.35 bits per heavy atom. The van der Waals surface area contributed by atoms with E-state index in [1.807, 2.05) is 13.1 Å². The summed E-state index contributed by atoms with van der Waals surface area (Å²) in [6.45, 7) is 4.37. The average Bonchev–Trinajstić information content (AvgIpc) is 3.39. The van der Waals surface area contributed by atoms with Crippen molar-refractivity contribution < 1.29 is 18.8 Å². The maximum atomic E-state index is 13.6. The molecule has 1 aliphatic rings. The molecule has 3 rings (SSSR count). The van der Waals surface area contributed by atoms with Gasteiger partial charge in [0, 0.05) is 50.4 Å². The average molecular weight is 429 g/mol. The van der Waals surface area contributed by atoms with Crippen LogP contribution in [0.2, 0.25) is 0 Å². The van der Waals surface area contributed by atoms with Crippen molar-refractivity contribution in [3.8, 4) is 0 Å². The number of carbonyl (C=O) groups is 2. The molecular formula is C22H28FN5O3. The lowest BCUT2D eigenvalue weighted by Crippen LogP contribution is -2.47. The van der Waals surface area contributed by atoms with Crippen LogP contribution >= 0.6 is 0 Å². The summed E-state index contributed by atoms with van der Waals surface area (Å²) in [4.78, 5) is 32.3.